The smallest absolute Gasteiger partial charge is 0.239 e. The first-order chi connectivity index (χ1) is 14.1. The number of amides is 1. The summed E-state index contributed by atoms with van der Waals surface area (Å²) in [5, 5.41) is 11.4. The predicted molar refractivity (Wildman–Crippen MR) is 107 cm³/mol. The number of benzene rings is 1. The molecule has 0 radical (unpaired) electrons. The van der Waals surface area contributed by atoms with Crippen LogP contribution in [-0.4, -0.2) is 40.8 Å². The summed E-state index contributed by atoms with van der Waals surface area (Å²) in [5.41, 5.74) is 8.04. The van der Waals surface area contributed by atoms with Crippen LogP contribution in [0.2, 0.25) is 0 Å². The van der Waals surface area contributed by atoms with Gasteiger partial charge in [-0.3, -0.25) is 9.20 Å². The maximum atomic E-state index is 12.8. The van der Waals surface area contributed by atoms with E-state index in [4.69, 9.17) is 9.47 Å². The summed E-state index contributed by atoms with van der Waals surface area (Å²) in [7, 11) is 3.21. The van der Waals surface area contributed by atoms with Crippen LogP contribution in [0.4, 0.5) is 0 Å². The van der Waals surface area contributed by atoms with Crippen LogP contribution >= 0.6 is 0 Å². The molecule has 0 aliphatic carbocycles. The van der Waals surface area contributed by atoms with Crippen molar-refractivity contribution in [2.45, 2.75) is 31.5 Å². The Kier molecular flexibility index (Phi) is 5.32. The van der Waals surface area contributed by atoms with E-state index in [0.717, 1.165) is 11.2 Å². The number of aromatic nitrogens is 3. The first-order valence-corrected chi connectivity index (χ1v) is 9.43. The zero-order valence-corrected chi connectivity index (χ0v) is 16.5. The molecule has 0 saturated carbocycles. The molecule has 2 aromatic heterocycles. The number of nitrogens with zero attached hydrogens (tertiary/aromatic N) is 3. The average molecular weight is 396 g/mol. The maximum absolute atomic E-state index is 12.8. The molecule has 1 aliphatic rings. The van der Waals surface area contributed by atoms with Crippen molar-refractivity contribution in [2.24, 2.45) is 0 Å². The van der Waals surface area contributed by atoms with Gasteiger partial charge in [-0.05, 0) is 43.2 Å². The van der Waals surface area contributed by atoms with Crippen molar-refractivity contribution >= 4 is 11.6 Å². The highest BCUT2D eigenvalue weighted by Gasteiger charge is 2.31. The third-order valence-electron chi connectivity index (χ3n) is 5.12. The van der Waals surface area contributed by atoms with Crippen LogP contribution in [0.5, 0.6) is 11.5 Å². The minimum Gasteiger partial charge on any atom is -0.493 e. The number of carbonyl (C=O) groups is 1. The Balaban J connectivity index is 1.42. The highest BCUT2D eigenvalue weighted by Crippen LogP contribution is 2.32. The fraction of sp³-hybridized carbons (Fsp3) is 0.350. The van der Waals surface area contributed by atoms with Crippen molar-refractivity contribution in [3.8, 4) is 11.5 Å². The fourth-order valence-electron chi connectivity index (χ4n) is 3.55. The second-order valence-corrected chi connectivity index (χ2v) is 6.96. The Morgan fingerprint density at radius 2 is 2.00 bits per heavy atom. The van der Waals surface area contributed by atoms with Crippen molar-refractivity contribution in [1.29, 1.82) is 0 Å². The number of rotatable bonds is 6. The van der Waals surface area contributed by atoms with Gasteiger partial charge in [0.15, 0.2) is 23.0 Å². The Hall–Kier alpha value is -3.17. The second-order valence-electron chi connectivity index (χ2n) is 6.96. The van der Waals surface area contributed by atoms with E-state index >= 15 is 0 Å². The standard InChI is InChI=1S/C20H24N6O3/c1-12(19-25-24-18-6-4-5-9-26(18)19)21-20(27)15-11-14(22-23-15)13-7-8-16(28-2)17(10-13)29-3/h4-10,12,14-15,22-23H,11H2,1-3H3,(H,21,27)/t12-,14?,15?/m1/s1. The van der Waals surface area contributed by atoms with E-state index < -0.39 is 0 Å². The lowest BCUT2D eigenvalue weighted by molar-refractivity contribution is -0.123. The summed E-state index contributed by atoms with van der Waals surface area (Å²) in [6, 6.07) is 10.8. The van der Waals surface area contributed by atoms with Gasteiger partial charge in [0.1, 0.15) is 6.04 Å². The summed E-state index contributed by atoms with van der Waals surface area (Å²) in [4.78, 5) is 12.8. The molecule has 3 N–H and O–H groups in total. The quantitative estimate of drug-likeness (QED) is 0.581. The first-order valence-electron chi connectivity index (χ1n) is 9.43. The monoisotopic (exact) mass is 396 g/mol. The SMILES string of the molecule is COc1ccc(C2CC(C(=O)N[C@H](C)c3nnc4ccccn34)NN2)cc1OC. The summed E-state index contributed by atoms with van der Waals surface area (Å²) >= 11 is 0. The number of fused-ring (bicyclic) bond motifs is 1. The lowest BCUT2D eigenvalue weighted by Crippen LogP contribution is -2.44. The number of hydrogen-bond donors (Lipinski definition) is 3. The molecule has 1 saturated heterocycles. The molecule has 3 atom stereocenters. The zero-order valence-electron chi connectivity index (χ0n) is 16.5. The Labute approximate surface area is 168 Å². The number of carbonyl (C=O) groups excluding carboxylic acids is 1. The number of ether oxygens (including phenoxy) is 2. The predicted octanol–water partition coefficient (Wildman–Crippen LogP) is 1.53. The van der Waals surface area contributed by atoms with Gasteiger partial charge in [0.2, 0.25) is 5.91 Å². The van der Waals surface area contributed by atoms with Gasteiger partial charge in [-0.15, -0.1) is 10.2 Å². The molecule has 1 amide bonds. The third kappa shape index (κ3) is 3.74. The van der Waals surface area contributed by atoms with Gasteiger partial charge in [0.05, 0.1) is 20.3 Å². The average Bonchev–Trinajstić information content (AvgIpc) is 3.40. The van der Waals surface area contributed by atoms with Gasteiger partial charge in [-0.1, -0.05) is 12.1 Å². The van der Waals surface area contributed by atoms with Crippen LogP contribution in [0.15, 0.2) is 42.6 Å². The normalized spacial score (nSPS) is 19.8. The number of hydrazine groups is 1. The summed E-state index contributed by atoms with van der Waals surface area (Å²) in [5.74, 6) is 1.93. The van der Waals surface area contributed by atoms with Crippen LogP contribution < -0.4 is 25.6 Å². The Morgan fingerprint density at radius 3 is 2.79 bits per heavy atom. The summed E-state index contributed by atoms with van der Waals surface area (Å²) in [6.45, 7) is 1.90. The number of methoxy groups -OCH3 is 2. The Morgan fingerprint density at radius 1 is 1.17 bits per heavy atom. The van der Waals surface area contributed by atoms with Gasteiger partial charge in [0, 0.05) is 12.2 Å². The van der Waals surface area contributed by atoms with Crippen LogP contribution in [0.25, 0.3) is 5.65 Å². The molecule has 1 aromatic carbocycles. The first kappa shape index (κ1) is 19.2. The van der Waals surface area contributed by atoms with Gasteiger partial charge < -0.3 is 14.8 Å². The van der Waals surface area contributed by atoms with Crippen LogP contribution in [-0.2, 0) is 4.79 Å². The van der Waals surface area contributed by atoms with Crippen LogP contribution in [0, 0.1) is 0 Å². The van der Waals surface area contributed by atoms with Gasteiger partial charge in [-0.2, -0.15) is 0 Å². The van der Waals surface area contributed by atoms with E-state index in [2.05, 4.69) is 26.4 Å². The lowest BCUT2D eigenvalue weighted by Gasteiger charge is -2.16. The van der Waals surface area contributed by atoms with Crippen molar-refractivity contribution in [2.75, 3.05) is 14.2 Å². The molecule has 9 nitrogen and oxygen atoms in total. The fourth-order valence-corrected chi connectivity index (χ4v) is 3.55. The second kappa shape index (κ2) is 8.06. The van der Waals surface area contributed by atoms with Crippen molar-refractivity contribution in [1.82, 2.24) is 30.8 Å². The van der Waals surface area contributed by atoms with E-state index in [1.807, 2.05) is 53.9 Å². The molecule has 2 unspecified atom stereocenters. The molecular formula is C20H24N6O3. The topological polar surface area (TPSA) is 102 Å². The summed E-state index contributed by atoms with van der Waals surface area (Å²) in [6.07, 6.45) is 2.49. The zero-order chi connectivity index (χ0) is 20.4. The molecule has 0 bridgehead atoms. The van der Waals surface area contributed by atoms with Gasteiger partial charge >= 0.3 is 0 Å². The summed E-state index contributed by atoms with van der Waals surface area (Å²) < 4.78 is 12.5. The highest BCUT2D eigenvalue weighted by atomic mass is 16.5. The maximum Gasteiger partial charge on any atom is 0.239 e. The van der Waals surface area contributed by atoms with Crippen LogP contribution in [0.1, 0.15) is 36.8 Å². The molecule has 4 rings (SSSR count). The number of hydrogen-bond acceptors (Lipinski definition) is 7. The molecule has 9 heteroatoms. The van der Waals surface area contributed by atoms with Crippen molar-refractivity contribution in [3.63, 3.8) is 0 Å². The molecule has 1 aliphatic heterocycles. The highest BCUT2D eigenvalue weighted by molar-refractivity contribution is 5.82. The van der Waals surface area contributed by atoms with E-state index in [1.165, 1.54) is 0 Å². The molecule has 29 heavy (non-hydrogen) atoms. The van der Waals surface area contributed by atoms with E-state index in [1.54, 1.807) is 14.2 Å². The minimum absolute atomic E-state index is 0.0187. The molecule has 0 spiro atoms. The molecular weight excluding hydrogens is 372 g/mol. The van der Waals surface area contributed by atoms with E-state index in [-0.39, 0.29) is 24.0 Å². The molecule has 3 heterocycles. The Bertz CT molecular complexity index is 1020. The van der Waals surface area contributed by atoms with E-state index in [0.29, 0.717) is 23.7 Å². The third-order valence-corrected chi connectivity index (χ3v) is 5.12. The van der Waals surface area contributed by atoms with Gasteiger partial charge in [-0.25, -0.2) is 10.9 Å². The number of nitrogens with one attached hydrogen (secondary N) is 3. The molecule has 152 valence electrons. The minimum atomic E-state index is -0.366. The van der Waals surface area contributed by atoms with Crippen molar-refractivity contribution in [3.05, 3.63) is 54.0 Å². The lowest BCUT2D eigenvalue weighted by atomic mass is 10.0. The van der Waals surface area contributed by atoms with Crippen LogP contribution in [0.3, 0.4) is 0 Å². The largest absolute Gasteiger partial charge is 0.493 e. The molecule has 3 aromatic rings. The van der Waals surface area contributed by atoms with E-state index in [9.17, 15) is 4.79 Å². The van der Waals surface area contributed by atoms with Crippen molar-refractivity contribution < 1.29 is 14.3 Å². The number of pyridine rings is 1. The molecule has 1 fully saturated rings. The van der Waals surface area contributed by atoms with Gasteiger partial charge in [0.25, 0.3) is 0 Å².